The Labute approximate surface area is 139 Å². The molecule has 0 aliphatic heterocycles. The molecule has 108 valence electrons. The molecule has 0 spiro atoms. The Hall–Kier alpha value is -1.46. The van der Waals surface area contributed by atoms with Crippen LogP contribution in [0, 0.1) is 0 Å². The topological polar surface area (TPSA) is 43.4 Å². The zero-order valence-electron chi connectivity index (χ0n) is 11.2. The molecule has 2 aromatic rings. The van der Waals surface area contributed by atoms with Crippen molar-refractivity contribution in [3.8, 4) is 0 Å². The molecule has 0 N–H and O–H groups in total. The Morgan fingerprint density at radius 1 is 0.952 bits per heavy atom. The first-order valence-electron chi connectivity index (χ1n) is 6.30. The minimum Gasteiger partial charge on any atom is -0.462 e. The number of ketones is 1. The number of esters is 1. The van der Waals surface area contributed by atoms with Gasteiger partial charge in [-0.2, -0.15) is 0 Å². The van der Waals surface area contributed by atoms with Crippen LogP contribution < -0.4 is 0 Å². The van der Waals surface area contributed by atoms with Gasteiger partial charge in [-0.3, -0.25) is 4.79 Å². The molecule has 0 radical (unpaired) electrons. The van der Waals surface area contributed by atoms with E-state index in [1.165, 1.54) is 0 Å². The summed E-state index contributed by atoms with van der Waals surface area (Å²) in [6, 6.07) is 11.9. The predicted octanol–water partition coefficient (Wildman–Crippen LogP) is 4.62. The number of hydrogen-bond acceptors (Lipinski definition) is 3. The summed E-state index contributed by atoms with van der Waals surface area (Å²) in [5, 5.41) is 0. The molecule has 0 saturated heterocycles. The van der Waals surface area contributed by atoms with Crippen LogP contribution in [-0.4, -0.2) is 18.4 Å². The van der Waals surface area contributed by atoms with Crippen molar-refractivity contribution in [2.75, 3.05) is 6.61 Å². The van der Waals surface area contributed by atoms with Gasteiger partial charge in [0, 0.05) is 20.1 Å². The first-order valence-corrected chi connectivity index (χ1v) is 7.88. The summed E-state index contributed by atoms with van der Waals surface area (Å²) < 4.78 is 6.62. The third-order valence-corrected chi connectivity index (χ3v) is 3.85. The molecular formula is C16H12Br2O3. The normalized spacial score (nSPS) is 10.2. The van der Waals surface area contributed by atoms with Crippen molar-refractivity contribution < 1.29 is 14.3 Å². The van der Waals surface area contributed by atoms with Gasteiger partial charge in [0.15, 0.2) is 5.78 Å². The average molecular weight is 412 g/mol. The molecule has 2 rings (SSSR count). The van der Waals surface area contributed by atoms with Crippen molar-refractivity contribution in [2.45, 2.75) is 6.92 Å². The van der Waals surface area contributed by atoms with Gasteiger partial charge in [-0.25, -0.2) is 4.79 Å². The molecular weight excluding hydrogens is 400 g/mol. The fourth-order valence-electron chi connectivity index (χ4n) is 1.85. The molecule has 0 aromatic heterocycles. The van der Waals surface area contributed by atoms with Gasteiger partial charge in [0.25, 0.3) is 0 Å². The summed E-state index contributed by atoms with van der Waals surface area (Å²) in [6.45, 7) is 1.99. The van der Waals surface area contributed by atoms with E-state index >= 15 is 0 Å². The van der Waals surface area contributed by atoms with Gasteiger partial charge in [-0.15, -0.1) is 0 Å². The average Bonchev–Trinajstić information content (AvgIpc) is 2.47. The second kappa shape index (κ2) is 7.00. The molecule has 0 bridgehead atoms. The Balaban J connectivity index is 2.46. The number of ether oxygens (including phenoxy) is 1. The maximum atomic E-state index is 12.6. The van der Waals surface area contributed by atoms with Crippen LogP contribution >= 0.6 is 31.9 Å². The second-order valence-electron chi connectivity index (χ2n) is 4.25. The van der Waals surface area contributed by atoms with E-state index in [0.717, 1.165) is 8.95 Å². The van der Waals surface area contributed by atoms with Crippen LogP contribution in [0.5, 0.6) is 0 Å². The summed E-state index contributed by atoms with van der Waals surface area (Å²) in [5.41, 5.74) is 1.11. The van der Waals surface area contributed by atoms with Gasteiger partial charge < -0.3 is 4.74 Å². The van der Waals surface area contributed by atoms with E-state index in [0.29, 0.717) is 11.1 Å². The summed E-state index contributed by atoms with van der Waals surface area (Å²) in [6.07, 6.45) is 0. The highest BCUT2D eigenvalue weighted by molar-refractivity contribution is 9.10. The minimum absolute atomic E-state index is 0.216. The van der Waals surface area contributed by atoms with Crippen LogP contribution in [0.25, 0.3) is 0 Å². The standard InChI is InChI=1S/C16H12Br2O3/c1-2-21-16(20)13-8-7-12(18)9-14(13)15(19)10-3-5-11(17)6-4-10/h3-9H,2H2,1H3. The molecule has 0 aliphatic rings. The number of hydrogen-bond donors (Lipinski definition) is 0. The summed E-state index contributed by atoms with van der Waals surface area (Å²) in [5.74, 6) is -0.711. The molecule has 0 amide bonds. The van der Waals surface area contributed by atoms with Crippen LogP contribution in [0.15, 0.2) is 51.4 Å². The second-order valence-corrected chi connectivity index (χ2v) is 6.08. The van der Waals surface area contributed by atoms with Gasteiger partial charge >= 0.3 is 5.97 Å². The largest absolute Gasteiger partial charge is 0.462 e. The maximum absolute atomic E-state index is 12.6. The minimum atomic E-state index is -0.495. The molecule has 0 unspecified atom stereocenters. The van der Waals surface area contributed by atoms with Crippen LogP contribution in [0.4, 0.5) is 0 Å². The van der Waals surface area contributed by atoms with Crippen LogP contribution in [0.2, 0.25) is 0 Å². The summed E-state index contributed by atoms with van der Waals surface area (Å²) in [7, 11) is 0. The fraction of sp³-hybridized carbons (Fsp3) is 0.125. The Kier molecular flexibility index (Phi) is 5.31. The SMILES string of the molecule is CCOC(=O)c1ccc(Br)cc1C(=O)c1ccc(Br)cc1. The van der Waals surface area contributed by atoms with Gasteiger partial charge in [0.05, 0.1) is 12.2 Å². The Morgan fingerprint density at radius 3 is 2.19 bits per heavy atom. The highest BCUT2D eigenvalue weighted by Crippen LogP contribution is 2.22. The van der Waals surface area contributed by atoms with Crippen molar-refractivity contribution in [2.24, 2.45) is 0 Å². The molecule has 3 nitrogen and oxygen atoms in total. The number of benzene rings is 2. The molecule has 0 heterocycles. The number of carbonyl (C=O) groups excluding carboxylic acids is 2. The molecule has 0 fully saturated rings. The van der Waals surface area contributed by atoms with Crippen molar-refractivity contribution in [3.05, 3.63) is 68.1 Å². The maximum Gasteiger partial charge on any atom is 0.338 e. The highest BCUT2D eigenvalue weighted by atomic mass is 79.9. The fourth-order valence-corrected chi connectivity index (χ4v) is 2.47. The summed E-state index contributed by atoms with van der Waals surface area (Å²) in [4.78, 5) is 24.6. The lowest BCUT2D eigenvalue weighted by Crippen LogP contribution is -2.12. The van der Waals surface area contributed by atoms with E-state index in [1.54, 1.807) is 49.4 Å². The van der Waals surface area contributed by atoms with Crippen LogP contribution in [0.1, 0.15) is 33.2 Å². The highest BCUT2D eigenvalue weighted by Gasteiger charge is 2.19. The molecule has 0 aliphatic carbocycles. The van der Waals surface area contributed by atoms with Crippen LogP contribution in [0.3, 0.4) is 0 Å². The third kappa shape index (κ3) is 3.80. The van der Waals surface area contributed by atoms with E-state index in [-0.39, 0.29) is 18.0 Å². The van der Waals surface area contributed by atoms with Gasteiger partial charge in [-0.1, -0.05) is 31.9 Å². The van der Waals surface area contributed by atoms with Crippen molar-refractivity contribution in [1.29, 1.82) is 0 Å². The number of rotatable bonds is 4. The number of carbonyl (C=O) groups is 2. The Morgan fingerprint density at radius 2 is 1.57 bits per heavy atom. The first kappa shape index (κ1) is 15.9. The first-order chi connectivity index (χ1) is 10.0. The zero-order valence-corrected chi connectivity index (χ0v) is 14.4. The molecule has 0 atom stereocenters. The number of halogens is 2. The molecule has 2 aromatic carbocycles. The monoisotopic (exact) mass is 410 g/mol. The van der Waals surface area contributed by atoms with Crippen molar-refractivity contribution in [1.82, 2.24) is 0 Å². The van der Waals surface area contributed by atoms with E-state index in [1.807, 2.05) is 0 Å². The molecule has 5 heteroatoms. The van der Waals surface area contributed by atoms with E-state index in [9.17, 15) is 9.59 Å². The van der Waals surface area contributed by atoms with Crippen LogP contribution in [-0.2, 0) is 4.74 Å². The summed E-state index contributed by atoms with van der Waals surface area (Å²) >= 11 is 6.65. The van der Waals surface area contributed by atoms with Crippen molar-refractivity contribution >= 4 is 43.6 Å². The van der Waals surface area contributed by atoms with Gasteiger partial charge in [0.2, 0.25) is 0 Å². The lowest BCUT2D eigenvalue weighted by molar-refractivity contribution is 0.0523. The van der Waals surface area contributed by atoms with E-state index in [2.05, 4.69) is 31.9 Å². The van der Waals surface area contributed by atoms with E-state index in [4.69, 9.17) is 4.74 Å². The Bertz CT molecular complexity index is 678. The predicted molar refractivity (Wildman–Crippen MR) is 87.7 cm³/mol. The lowest BCUT2D eigenvalue weighted by atomic mass is 9.98. The third-order valence-electron chi connectivity index (χ3n) is 2.83. The van der Waals surface area contributed by atoms with E-state index < -0.39 is 5.97 Å². The lowest BCUT2D eigenvalue weighted by Gasteiger charge is -2.09. The molecule has 0 saturated carbocycles. The smallest absolute Gasteiger partial charge is 0.338 e. The zero-order chi connectivity index (χ0) is 15.4. The van der Waals surface area contributed by atoms with Gasteiger partial charge in [0.1, 0.15) is 0 Å². The van der Waals surface area contributed by atoms with Crippen molar-refractivity contribution in [3.63, 3.8) is 0 Å². The van der Waals surface area contributed by atoms with Gasteiger partial charge in [-0.05, 0) is 49.4 Å². The molecule has 21 heavy (non-hydrogen) atoms. The quantitative estimate of drug-likeness (QED) is 0.544.